The fraction of sp³-hybridized carbons (Fsp3) is 0.375. The molecule has 0 spiro atoms. The molecule has 0 saturated heterocycles. The molecule has 3 heterocycles. The maximum Gasteiger partial charge on any atom is 0.253 e. The number of carbonyl (C=O) groups excluding carboxylic acids is 1. The normalized spacial score (nSPS) is 18.0. The van der Waals surface area contributed by atoms with Gasteiger partial charge in [-0.25, -0.2) is 0 Å². The summed E-state index contributed by atoms with van der Waals surface area (Å²) >= 11 is 0. The van der Waals surface area contributed by atoms with Crippen LogP contribution < -0.4 is 5.32 Å². The quantitative estimate of drug-likeness (QED) is 0.646. The van der Waals surface area contributed by atoms with Crippen LogP contribution in [0.5, 0.6) is 0 Å². The zero-order valence-corrected chi connectivity index (χ0v) is 18.0. The van der Waals surface area contributed by atoms with Gasteiger partial charge in [0.25, 0.3) is 5.91 Å². The van der Waals surface area contributed by atoms with Crippen molar-refractivity contribution in [2.75, 3.05) is 0 Å². The lowest BCUT2D eigenvalue weighted by Crippen LogP contribution is -2.40. The Hall–Kier alpha value is -2.99. The third-order valence-electron chi connectivity index (χ3n) is 5.80. The second-order valence-corrected chi connectivity index (χ2v) is 8.17. The molecule has 1 amide bonds. The van der Waals surface area contributed by atoms with E-state index in [0.717, 1.165) is 35.4 Å². The van der Waals surface area contributed by atoms with E-state index in [4.69, 9.17) is 4.74 Å². The number of hydrogen-bond donors (Lipinski definition) is 1. The Kier molecular flexibility index (Phi) is 5.43. The highest BCUT2D eigenvalue weighted by Crippen LogP contribution is 2.38. The van der Waals surface area contributed by atoms with Gasteiger partial charge in [0.1, 0.15) is 0 Å². The van der Waals surface area contributed by atoms with Gasteiger partial charge in [-0.15, -0.1) is 0 Å². The molecule has 6 nitrogen and oxygen atoms in total. The van der Waals surface area contributed by atoms with Gasteiger partial charge in [0.15, 0.2) is 0 Å². The molecule has 0 fully saturated rings. The molecule has 0 radical (unpaired) electrons. The smallest absolute Gasteiger partial charge is 0.253 e. The fourth-order valence-electron chi connectivity index (χ4n) is 4.18. The molecule has 3 aromatic rings. The molecule has 0 bridgehead atoms. The molecule has 1 aromatic carbocycles. The van der Waals surface area contributed by atoms with Gasteiger partial charge in [0, 0.05) is 18.8 Å². The van der Waals surface area contributed by atoms with E-state index in [9.17, 15) is 4.79 Å². The van der Waals surface area contributed by atoms with Gasteiger partial charge in [-0.3, -0.25) is 14.5 Å². The lowest BCUT2D eigenvalue weighted by atomic mass is 9.82. The van der Waals surface area contributed by atoms with Gasteiger partial charge in [0.05, 0.1) is 41.4 Å². The number of carbonyl (C=O) groups is 1. The van der Waals surface area contributed by atoms with Crippen molar-refractivity contribution in [3.8, 4) is 11.4 Å². The maximum atomic E-state index is 12.8. The van der Waals surface area contributed by atoms with Crippen molar-refractivity contribution in [3.05, 3.63) is 71.0 Å². The topological polar surface area (TPSA) is 69.0 Å². The van der Waals surface area contributed by atoms with E-state index in [0.29, 0.717) is 12.2 Å². The molecule has 1 unspecified atom stereocenters. The number of pyridine rings is 1. The van der Waals surface area contributed by atoms with Crippen LogP contribution in [0.15, 0.2) is 48.8 Å². The maximum absolute atomic E-state index is 12.8. The van der Waals surface area contributed by atoms with E-state index < -0.39 is 5.54 Å². The Morgan fingerprint density at radius 1 is 1.20 bits per heavy atom. The van der Waals surface area contributed by atoms with Crippen molar-refractivity contribution in [3.63, 3.8) is 0 Å². The van der Waals surface area contributed by atoms with Gasteiger partial charge in [-0.05, 0) is 43.9 Å². The predicted molar refractivity (Wildman–Crippen MR) is 116 cm³/mol. The van der Waals surface area contributed by atoms with Crippen molar-refractivity contribution in [2.24, 2.45) is 7.05 Å². The first-order valence-electron chi connectivity index (χ1n) is 10.4. The number of aromatic nitrogens is 3. The summed E-state index contributed by atoms with van der Waals surface area (Å²) in [4.78, 5) is 17.4. The Labute approximate surface area is 177 Å². The van der Waals surface area contributed by atoms with E-state index in [-0.39, 0.29) is 12.0 Å². The van der Waals surface area contributed by atoms with Crippen LogP contribution in [0.4, 0.5) is 0 Å². The van der Waals surface area contributed by atoms with Crippen LogP contribution in [0.2, 0.25) is 0 Å². The minimum atomic E-state index is -0.446. The van der Waals surface area contributed by atoms with Crippen molar-refractivity contribution in [1.82, 2.24) is 20.1 Å². The van der Waals surface area contributed by atoms with Crippen LogP contribution in [0, 0.1) is 0 Å². The Morgan fingerprint density at radius 2 is 1.97 bits per heavy atom. The molecular formula is C24H28N4O2. The van der Waals surface area contributed by atoms with Gasteiger partial charge >= 0.3 is 0 Å². The lowest BCUT2D eigenvalue weighted by Gasteiger charge is -2.29. The van der Waals surface area contributed by atoms with E-state index in [1.54, 1.807) is 6.20 Å². The average Bonchev–Trinajstić information content (AvgIpc) is 3.24. The van der Waals surface area contributed by atoms with E-state index in [2.05, 4.69) is 40.5 Å². The molecule has 6 heteroatoms. The van der Waals surface area contributed by atoms with Crippen LogP contribution >= 0.6 is 0 Å². The van der Waals surface area contributed by atoms with Gasteiger partial charge < -0.3 is 10.1 Å². The summed E-state index contributed by atoms with van der Waals surface area (Å²) in [5.41, 5.74) is 5.11. The summed E-state index contributed by atoms with van der Waals surface area (Å²) in [5, 5.41) is 7.66. The molecule has 0 saturated carbocycles. The summed E-state index contributed by atoms with van der Waals surface area (Å²) in [5.74, 6) is -0.0600. The van der Waals surface area contributed by atoms with Crippen molar-refractivity contribution in [1.29, 1.82) is 0 Å². The first-order chi connectivity index (χ1) is 14.4. The Balaban J connectivity index is 1.77. The molecule has 1 atom stereocenters. The highest BCUT2D eigenvalue weighted by atomic mass is 16.5. The number of benzene rings is 1. The molecule has 1 aliphatic rings. The summed E-state index contributed by atoms with van der Waals surface area (Å²) in [6, 6.07) is 12.3. The number of nitrogens with zero attached hydrogens (tertiary/aromatic N) is 3. The first-order valence-corrected chi connectivity index (χ1v) is 10.4. The molecule has 30 heavy (non-hydrogen) atoms. The van der Waals surface area contributed by atoms with Crippen molar-refractivity contribution < 1.29 is 9.53 Å². The zero-order chi connectivity index (χ0) is 21.3. The summed E-state index contributed by atoms with van der Waals surface area (Å²) in [7, 11) is 1.91. The average molecular weight is 405 g/mol. The van der Waals surface area contributed by atoms with Crippen LogP contribution in [-0.4, -0.2) is 26.8 Å². The number of ether oxygens (including phenoxy) is 1. The number of nitrogens with one attached hydrogen (secondary N) is 1. The zero-order valence-electron chi connectivity index (χ0n) is 18.0. The summed E-state index contributed by atoms with van der Waals surface area (Å²) in [6.45, 7) is 6.62. The van der Waals surface area contributed by atoms with E-state index in [1.165, 1.54) is 5.56 Å². The Bertz CT molecular complexity index is 1060. The molecule has 0 aliphatic carbocycles. The van der Waals surface area contributed by atoms with Gasteiger partial charge in [-0.2, -0.15) is 5.10 Å². The molecule has 156 valence electrons. The molecule has 1 aliphatic heterocycles. The monoisotopic (exact) mass is 404 g/mol. The SMILES string of the molecule is CCC1(Cc2ccccc2)NC(=O)c2cnc(-c3c(COC(C)C)cnn3C)cc21. The van der Waals surface area contributed by atoms with Crippen LogP contribution in [0.1, 0.15) is 54.2 Å². The van der Waals surface area contributed by atoms with Crippen molar-refractivity contribution in [2.45, 2.75) is 51.9 Å². The third kappa shape index (κ3) is 3.63. The number of aryl methyl sites for hydroxylation is 1. The second-order valence-electron chi connectivity index (χ2n) is 8.17. The number of rotatable bonds is 7. The fourth-order valence-corrected chi connectivity index (χ4v) is 4.18. The molecule has 4 rings (SSSR count). The third-order valence-corrected chi connectivity index (χ3v) is 5.80. The highest BCUT2D eigenvalue weighted by molar-refractivity contribution is 6.00. The van der Waals surface area contributed by atoms with Crippen LogP contribution in [0.25, 0.3) is 11.4 Å². The standard InChI is InChI=1S/C24H28N4O2/c1-5-24(12-17-9-7-6-8-10-17)20-11-21(25-14-19(20)23(29)27-24)22-18(13-26-28(22)4)15-30-16(2)3/h6-11,13-14,16H,5,12,15H2,1-4H3,(H,27,29). The predicted octanol–water partition coefficient (Wildman–Crippen LogP) is 4.00. The highest BCUT2D eigenvalue weighted by Gasteiger charge is 2.42. The largest absolute Gasteiger partial charge is 0.374 e. The number of amides is 1. The van der Waals surface area contributed by atoms with E-state index >= 15 is 0 Å². The first kappa shape index (κ1) is 20.3. The summed E-state index contributed by atoms with van der Waals surface area (Å²) in [6.07, 6.45) is 5.18. The van der Waals surface area contributed by atoms with Crippen LogP contribution in [0.3, 0.4) is 0 Å². The van der Waals surface area contributed by atoms with Gasteiger partial charge in [-0.1, -0.05) is 37.3 Å². The minimum Gasteiger partial charge on any atom is -0.374 e. The number of fused-ring (bicyclic) bond motifs is 1. The number of hydrogen-bond acceptors (Lipinski definition) is 4. The molecule has 2 aromatic heterocycles. The minimum absolute atomic E-state index is 0.0600. The Morgan fingerprint density at radius 3 is 2.67 bits per heavy atom. The lowest BCUT2D eigenvalue weighted by molar-refractivity contribution is 0.0659. The van der Waals surface area contributed by atoms with Gasteiger partial charge in [0.2, 0.25) is 0 Å². The summed E-state index contributed by atoms with van der Waals surface area (Å²) < 4.78 is 7.63. The van der Waals surface area contributed by atoms with E-state index in [1.807, 2.05) is 50.0 Å². The van der Waals surface area contributed by atoms with Crippen molar-refractivity contribution >= 4 is 5.91 Å². The van der Waals surface area contributed by atoms with Crippen LogP contribution in [-0.2, 0) is 30.4 Å². The molecule has 1 N–H and O–H groups in total. The second kappa shape index (κ2) is 8.03. The molecular weight excluding hydrogens is 376 g/mol.